The van der Waals surface area contributed by atoms with Crippen molar-refractivity contribution in [1.82, 2.24) is 0 Å². The van der Waals surface area contributed by atoms with Gasteiger partial charge in [-0.3, -0.25) is 4.57 Å². The number of aromatic hydroxyl groups is 2. The first-order chi connectivity index (χ1) is 6.20. The van der Waals surface area contributed by atoms with Gasteiger partial charge in [0, 0.05) is 4.91 Å². The summed E-state index contributed by atoms with van der Waals surface area (Å²) in [5.74, 6) is -1.11. The van der Waals surface area contributed by atoms with E-state index in [1.807, 2.05) is 0 Å². The van der Waals surface area contributed by atoms with Crippen molar-refractivity contribution in [3.05, 3.63) is 22.6 Å². The third kappa shape index (κ3) is 1.69. The fourth-order valence-electron chi connectivity index (χ4n) is 0.761. The van der Waals surface area contributed by atoms with Crippen LogP contribution in [-0.2, 0) is 4.57 Å². The molecule has 0 bridgehead atoms. The van der Waals surface area contributed by atoms with Crippen LogP contribution in [0.5, 0.6) is 11.5 Å². The first-order valence-corrected chi connectivity index (χ1v) is 3.95. The summed E-state index contributed by atoms with van der Waals surface area (Å²) in [5.41, 5.74) is 7.96. The fourth-order valence-corrected chi connectivity index (χ4v) is 1.09. The molecule has 0 aliphatic carbocycles. The minimum atomic E-state index is -0.571. The van der Waals surface area contributed by atoms with Crippen molar-refractivity contribution in [1.29, 1.82) is 0 Å². The van der Waals surface area contributed by atoms with E-state index in [4.69, 9.17) is 10.6 Å². The molecule has 0 fully saturated rings. The van der Waals surface area contributed by atoms with Gasteiger partial charge in [0.25, 0.3) is 0 Å². The highest BCUT2D eigenvalue weighted by Gasteiger charge is 2.10. The van der Waals surface area contributed by atoms with Gasteiger partial charge in [-0.05, 0) is 17.7 Å². The zero-order chi connectivity index (χ0) is 9.84. The molecule has 0 unspecified atom stereocenters. The number of rotatable bonds is 2. The summed E-state index contributed by atoms with van der Waals surface area (Å²) in [4.78, 5) is 2.44. The van der Waals surface area contributed by atoms with Gasteiger partial charge in [0.05, 0.1) is 11.0 Å². The van der Waals surface area contributed by atoms with Gasteiger partial charge >= 0.3 is 0 Å². The maximum atomic E-state index is 10.4. The number of hydrogen-bond donors (Lipinski definition) is 2. The largest absolute Gasteiger partial charge is 0.504 e. The van der Waals surface area contributed by atoms with Crippen molar-refractivity contribution in [2.24, 2.45) is 5.11 Å². The van der Waals surface area contributed by atoms with E-state index in [2.05, 4.69) is 10.0 Å². The van der Waals surface area contributed by atoms with E-state index in [1.165, 1.54) is 12.1 Å². The summed E-state index contributed by atoms with van der Waals surface area (Å²) in [6.45, 7) is 0. The number of hydrogen-bond acceptors (Lipinski definition) is 4. The molecule has 1 aromatic carbocycles. The monoisotopic (exact) mass is 197 g/mol. The lowest BCUT2D eigenvalue weighted by molar-refractivity contribution is 0.408. The standard InChI is InChI=1S/C6H4N3O3P/c7-9-8-3-1-2-4(13-12)6(11)5(3)10/h1-2,10-11H. The fraction of sp³-hybridized carbons (Fsp3) is 0. The molecule has 0 atom stereocenters. The van der Waals surface area contributed by atoms with E-state index in [-0.39, 0.29) is 11.0 Å². The number of azide groups is 1. The third-order valence-corrected chi connectivity index (χ3v) is 1.92. The van der Waals surface area contributed by atoms with Crippen LogP contribution >= 0.6 is 8.46 Å². The predicted molar refractivity (Wildman–Crippen MR) is 45.8 cm³/mol. The lowest BCUT2D eigenvalue weighted by Crippen LogP contribution is -1.91. The molecule has 66 valence electrons. The predicted octanol–water partition coefficient (Wildman–Crippen LogP) is 1.96. The second kappa shape index (κ2) is 3.76. The summed E-state index contributed by atoms with van der Waals surface area (Å²) < 4.78 is 10.4. The van der Waals surface area contributed by atoms with Gasteiger partial charge in [-0.15, -0.1) is 0 Å². The Balaban J connectivity index is 3.38. The van der Waals surface area contributed by atoms with Gasteiger partial charge in [-0.2, -0.15) is 0 Å². The second-order valence-electron chi connectivity index (χ2n) is 2.08. The van der Waals surface area contributed by atoms with Crippen LogP contribution in [0.25, 0.3) is 10.4 Å². The van der Waals surface area contributed by atoms with Crippen LogP contribution in [0, 0.1) is 0 Å². The average Bonchev–Trinajstić information content (AvgIpc) is 2.14. The molecule has 1 rings (SSSR count). The summed E-state index contributed by atoms with van der Waals surface area (Å²) in [6.07, 6.45) is 0. The summed E-state index contributed by atoms with van der Waals surface area (Å²) in [6, 6.07) is 2.54. The molecule has 0 saturated carbocycles. The average molecular weight is 197 g/mol. The van der Waals surface area contributed by atoms with Gasteiger partial charge in [0.2, 0.25) is 0 Å². The van der Waals surface area contributed by atoms with Crippen LogP contribution in [0.15, 0.2) is 17.2 Å². The van der Waals surface area contributed by atoms with E-state index < -0.39 is 20.0 Å². The van der Waals surface area contributed by atoms with E-state index in [9.17, 15) is 9.67 Å². The summed E-state index contributed by atoms with van der Waals surface area (Å²) in [5, 5.41) is 21.5. The molecule has 0 radical (unpaired) electrons. The quantitative estimate of drug-likeness (QED) is 0.248. The van der Waals surface area contributed by atoms with Crippen LogP contribution < -0.4 is 5.30 Å². The van der Waals surface area contributed by atoms with Gasteiger partial charge in [0.15, 0.2) is 20.0 Å². The Morgan fingerprint density at radius 1 is 1.38 bits per heavy atom. The summed E-state index contributed by atoms with van der Waals surface area (Å²) >= 11 is 0. The van der Waals surface area contributed by atoms with Crippen LogP contribution in [0.2, 0.25) is 0 Å². The minimum Gasteiger partial charge on any atom is -0.504 e. The zero-order valence-electron chi connectivity index (χ0n) is 6.25. The van der Waals surface area contributed by atoms with Crippen LogP contribution in [0.3, 0.4) is 0 Å². The maximum absolute atomic E-state index is 10.4. The number of phenols is 2. The highest BCUT2D eigenvalue weighted by Crippen LogP contribution is 2.34. The Hall–Kier alpha value is -1.77. The molecule has 6 nitrogen and oxygen atoms in total. The maximum Gasteiger partial charge on any atom is 0.196 e. The Labute approximate surface area is 74.3 Å². The van der Waals surface area contributed by atoms with Crippen LogP contribution in [-0.4, -0.2) is 10.2 Å². The van der Waals surface area contributed by atoms with E-state index >= 15 is 0 Å². The smallest absolute Gasteiger partial charge is 0.196 e. The molecule has 7 heteroatoms. The molecule has 1 aromatic rings. The Morgan fingerprint density at radius 3 is 2.62 bits per heavy atom. The topological polar surface area (TPSA) is 106 Å². The SMILES string of the molecule is [N-]=[N+]=Nc1ccc(P=O)c(O)c1O. The molecular formula is C6H4N3O3P. The molecule has 0 amide bonds. The van der Waals surface area contributed by atoms with E-state index in [0.717, 1.165) is 0 Å². The first-order valence-electron chi connectivity index (χ1n) is 3.14. The van der Waals surface area contributed by atoms with Gasteiger partial charge in [0.1, 0.15) is 0 Å². The molecule has 0 aliphatic rings. The molecule has 0 aromatic heterocycles. The van der Waals surface area contributed by atoms with Crippen LogP contribution in [0.4, 0.5) is 5.69 Å². The molecule has 13 heavy (non-hydrogen) atoms. The number of benzene rings is 1. The molecule has 0 heterocycles. The number of phenolic OH excluding ortho intramolecular Hbond substituents is 2. The minimum absolute atomic E-state index is 0.0365. The number of nitrogens with zero attached hydrogens (tertiary/aromatic N) is 3. The normalized spacial score (nSPS) is 9.54. The van der Waals surface area contributed by atoms with E-state index in [0.29, 0.717) is 0 Å². The second-order valence-corrected chi connectivity index (χ2v) is 2.75. The molecule has 0 spiro atoms. The summed E-state index contributed by atoms with van der Waals surface area (Å²) in [7, 11) is -0.415. The Bertz CT molecular complexity index is 400. The van der Waals surface area contributed by atoms with Gasteiger partial charge in [-0.1, -0.05) is 5.11 Å². The van der Waals surface area contributed by atoms with Crippen molar-refractivity contribution in [2.45, 2.75) is 0 Å². The van der Waals surface area contributed by atoms with Crippen molar-refractivity contribution >= 4 is 19.5 Å². The highest BCUT2D eigenvalue weighted by molar-refractivity contribution is 7.34. The Kier molecular flexibility index (Phi) is 2.69. The van der Waals surface area contributed by atoms with Crippen molar-refractivity contribution in [2.75, 3.05) is 0 Å². The Morgan fingerprint density at radius 2 is 2.08 bits per heavy atom. The van der Waals surface area contributed by atoms with E-state index in [1.54, 1.807) is 0 Å². The first kappa shape index (κ1) is 9.32. The third-order valence-electron chi connectivity index (χ3n) is 1.36. The molecule has 0 saturated heterocycles. The van der Waals surface area contributed by atoms with Gasteiger partial charge < -0.3 is 10.2 Å². The van der Waals surface area contributed by atoms with Crippen molar-refractivity contribution in [3.8, 4) is 11.5 Å². The molecular weight excluding hydrogens is 193 g/mol. The van der Waals surface area contributed by atoms with Crippen molar-refractivity contribution in [3.63, 3.8) is 0 Å². The lowest BCUT2D eigenvalue weighted by atomic mass is 10.3. The zero-order valence-corrected chi connectivity index (χ0v) is 7.14. The molecule has 2 N–H and O–H groups in total. The highest BCUT2D eigenvalue weighted by atomic mass is 31.1. The lowest BCUT2D eigenvalue weighted by Gasteiger charge is -2.01. The van der Waals surface area contributed by atoms with Crippen LogP contribution in [0.1, 0.15) is 0 Å². The van der Waals surface area contributed by atoms with Gasteiger partial charge in [-0.25, -0.2) is 0 Å². The van der Waals surface area contributed by atoms with Crippen molar-refractivity contribution < 1.29 is 14.8 Å². The molecule has 0 aliphatic heterocycles.